The maximum absolute atomic E-state index is 9.24. The van der Waals surface area contributed by atoms with Crippen molar-refractivity contribution in [1.29, 1.82) is 0 Å². The van der Waals surface area contributed by atoms with Crippen molar-refractivity contribution in [3.63, 3.8) is 0 Å². The van der Waals surface area contributed by atoms with Crippen molar-refractivity contribution < 1.29 is 5.11 Å². The van der Waals surface area contributed by atoms with Crippen LogP contribution in [0.5, 0.6) is 0 Å². The molecule has 1 atom stereocenters. The highest BCUT2D eigenvalue weighted by atomic mass is 16.3. The summed E-state index contributed by atoms with van der Waals surface area (Å²) in [5, 5.41) is 12.7. The van der Waals surface area contributed by atoms with Crippen LogP contribution >= 0.6 is 0 Å². The molecule has 0 radical (unpaired) electrons. The van der Waals surface area contributed by atoms with E-state index in [0.29, 0.717) is 12.0 Å². The van der Waals surface area contributed by atoms with Crippen molar-refractivity contribution in [2.45, 2.75) is 51.8 Å². The van der Waals surface area contributed by atoms with E-state index in [9.17, 15) is 5.11 Å². The Kier molecular flexibility index (Phi) is 4.85. The predicted molar refractivity (Wildman–Crippen MR) is 58.8 cm³/mol. The molecule has 0 aromatic heterocycles. The molecular formula is C11H24N2O. The Balaban J connectivity index is 2.16. The summed E-state index contributed by atoms with van der Waals surface area (Å²) >= 11 is 0. The maximum Gasteiger partial charge on any atom is 0.105 e. The monoisotopic (exact) mass is 200 g/mol. The molecule has 3 nitrogen and oxygen atoms in total. The minimum absolute atomic E-state index is 0.338. The van der Waals surface area contributed by atoms with Crippen LogP contribution in [-0.2, 0) is 0 Å². The van der Waals surface area contributed by atoms with Crippen LogP contribution in [0.4, 0.5) is 0 Å². The van der Waals surface area contributed by atoms with E-state index in [4.69, 9.17) is 5.73 Å². The molecule has 1 unspecified atom stereocenters. The fourth-order valence-electron chi connectivity index (χ4n) is 2.14. The molecule has 1 saturated carbocycles. The average molecular weight is 200 g/mol. The van der Waals surface area contributed by atoms with E-state index in [1.54, 1.807) is 0 Å². The molecular weight excluding hydrogens is 176 g/mol. The van der Waals surface area contributed by atoms with Crippen molar-refractivity contribution in [3.8, 4) is 0 Å². The lowest BCUT2D eigenvalue weighted by atomic mass is 9.81. The first kappa shape index (κ1) is 12.0. The van der Waals surface area contributed by atoms with Gasteiger partial charge in [-0.2, -0.15) is 0 Å². The first-order chi connectivity index (χ1) is 6.59. The zero-order chi connectivity index (χ0) is 10.6. The topological polar surface area (TPSA) is 58.3 Å². The molecule has 0 aromatic rings. The lowest BCUT2D eigenvalue weighted by molar-refractivity contribution is 0.0786. The van der Waals surface area contributed by atoms with E-state index in [1.807, 2.05) is 0 Å². The highest BCUT2D eigenvalue weighted by Crippen LogP contribution is 2.29. The van der Waals surface area contributed by atoms with Crippen LogP contribution in [-0.4, -0.2) is 23.9 Å². The number of hydrogen-bond acceptors (Lipinski definition) is 3. The van der Waals surface area contributed by atoms with Crippen LogP contribution in [0.2, 0.25) is 0 Å². The van der Waals surface area contributed by atoms with Gasteiger partial charge in [0, 0.05) is 6.04 Å². The summed E-state index contributed by atoms with van der Waals surface area (Å²) in [5.41, 5.74) is 5.47. The largest absolute Gasteiger partial charge is 0.379 e. The molecule has 3 heteroatoms. The molecule has 1 aliphatic carbocycles. The molecule has 0 aromatic carbocycles. The lowest BCUT2D eigenvalue weighted by Gasteiger charge is -2.30. The van der Waals surface area contributed by atoms with Gasteiger partial charge in [-0.25, -0.2) is 0 Å². The summed E-state index contributed by atoms with van der Waals surface area (Å²) in [6, 6.07) is 0.577. The Labute approximate surface area is 87.1 Å². The average Bonchev–Trinajstić information content (AvgIpc) is 2.15. The van der Waals surface area contributed by atoms with Gasteiger partial charge < -0.3 is 16.2 Å². The van der Waals surface area contributed by atoms with Crippen molar-refractivity contribution in [2.24, 2.45) is 17.6 Å². The Morgan fingerprint density at radius 1 is 1.29 bits per heavy atom. The normalized spacial score (nSPS) is 30.6. The molecule has 0 spiro atoms. The molecule has 0 bridgehead atoms. The van der Waals surface area contributed by atoms with Crippen molar-refractivity contribution in [2.75, 3.05) is 6.54 Å². The van der Waals surface area contributed by atoms with Crippen molar-refractivity contribution >= 4 is 0 Å². The minimum atomic E-state index is -0.603. The van der Waals surface area contributed by atoms with Crippen LogP contribution < -0.4 is 11.1 Å². The summed E-state index contributed by atoms with van der Waals surface area (Å²) in [4.78, 5) is 0. The van der Waals surface area contributed by atoms with Crippen LogP contribution in [0, 0.1) is 11.8 Å². The summed E-state index contributed by atoms with van der Waals surface area (Å²) < 4.78 is 0. The molecule has 1 rings (SSSR count). The molecule has 84 valence electrons. The maximum atomic E-state index is 9.24. The third-order valence-corrected chi connectivity index (χ3v) is 3.19. The molecule has 14 heavy (non-hydrogen) atoms. The molecule has 0 heterocycles. The van der Waals surface area contributed by atoms with E-state index in [1.165, 1.54) is 12.8 Å². The van der Waals surface area contributed by atoms with E-state index >= 15 is 0 Å². The van der Waals surface area contributed by atoms with Gasteiger partial charge in [-0.15, -0.1) is 0 Å². The molecule has 4 N–H and O–H groups in total. The summed E-state index contributed by atoms with van der Waals surface area (Å²) in [5.74, 6) is 1.12. The first-order valence-corrected chi connectivity index (χ1v) is 5.76. The Morgan fingerprint density at radius 3 is 2.29 bits per heavy atom. The fourth-order valence-corrected chi connectivity index (χ4v) is 2.14. The van der Waals surface area contributed by atoms with Gasteiger partial charge in [-0.05, 0) is 44.1 Å². The van der Waals surface area contributed by atoms with Gasteiger partial charge in [0.2, 0.25) is 0 Å². The standard InChI is InChI=1S/C11H24N2O/c1-8(2)13-7-9-3-5-10(6-4-9)11(12)14/h8-11,13-14H,3-7,12H2,1-2H3/t9-,10-,11?. The molecule has 0 aliphatic heterocycles. The van der Waals surface area contributed by atoms with E-state index < -0.39 is 6.23 Å². The highest BCUT2D eigenvalue weighted by molar-refractivity contribution is 4.76. The first-order valence-electron chi connectivity index (χ1n) is 5.76. The van der Waals surface area contributed by atoms with Crippen molar-refractivity contribution in [3.05, 3.63) is 0 Å². The molecule has 0 saturated heterocycles. The van der Waals surface area contributed by atoms with Crippen LogP contribution in [0.15, 0.2) is 0 Å². The van der Waals surface area contributed by atoms with Crippen LogP contribution in [0.1, 0.15) is 39.5 Å². The second-order valence-corrected chi connectivity index (χ2v) is 4.83. The summed E-state index contributed by atoms with van der Waals surface area (Å²) in [7, 11) is 0. The van der Waals surface area contributed by atoms with E-state index in [0.717, 1.165) is 25.3 Å². The van der Waals surface area contributed by atoms with Gasteiger partial charge in [0.1, 0.15) is 6.23 Å². The third-order valence-electron chi connectivity index (χ3n) is 3.19. The van der Waals surface area contributed by atoms with Gasteiger partial charge >= 0.3 is 0 Å². The van der Waals surface area contributed by atoms with Gasteiger partial charge in [0.25, 0.3) is 0 Å². The second-order valence-electron chi connectivity index (χ2n) is 4.83. The molecule has 1 fully saturated rings. The quantitative estimate of drug-likeness (QED) is 0.595. The van der Waals surface area contributed by atoms with Crippen molar-refractivity contribution in [1.82, 2.24) is 5.32 Å². The number of aliphatic hydroxyl groups is 1. The SMILES string of the molecule is CC(C)NC[C@H]1CC[C@H](C(N)O)CC1. The van der Waals surface area contributed by atoms with Gasteiger partial charge in [0.05, 0.1) is 0 Å². The lowest BCUT2D eigenvalue weighted by Crippen LogP contribution is -2.36. The Bertz CT molecular complexity index is 151. The third kappa shape index (κ3) is 3.95. The predicted octanol–water partition coefficient (Wildman–Crippen LogP) is 1.07. The van der Waals surface area contributed by atoms with E-state index in [-0.39, 0.29) is 0 Å². The number of nitrogens with two attached hydrogens (primary N) is 1. The zero-order valence-electron chi connectivity index (χ0n) is 9.37. The Morgan fingerprint density at radius 2 is 1.86 bits per heavy atom. The van der Waals surface area contributed by atoms with E-state index in [2.05, 4.69) is 19.2 Å². The molecule has 0 amide bonds. The van der Waals surface area contributed by atoms with Gasteiger partial charge in [0.15, 0.2) is 0 Å². The highest BCUT2D eigenvalue weighted by Gasteiger charge is 2.24. The van der Waals surface area contributed by atoms with Crippen LogP contribution in [0.3, 0.4) is 0 Å². The number of rotatable bonds is 4. The number of aliphatic hydroxyl groups excluding tert-OH is 1. The van der Waals surface area contributed by atoms with Crippen LogP contribution in [0.25, 0.3) is 0 Å². The second kappa shape index (κ2) is 5.69. The summed E-state index contributed by atoms with van der Waals surface area (Å²) in [6.07, 6.45) is 3.98. The van der Waals surface area contributed by atoms with Gasteiger partial charge in [-0.3, -0.25) is 0 Å². The molecule has 1 aliphatic rings. The smallest absolute Gasteiger partial charge is 0.105 e. The minimum Gasteiger partial charge on any atom is -0.379 e. The Hall–Kier alpha value is -0.120. The van der Waals surface area contributed by atoms with Gasteiger partial charge in [-0.1, -0.05) is 13.8 Å². The fraction of sp³-hybridized carbons (Fsp3) is 1.00. The summed E-state index contributed by atoms with van der Waals surface area (Å²) in [6.45, 7) is 5.47. The zero-order valence-corrected chi connectivity index (χ0v) is 9.37. The number of hydrogen-bond donors (Lipinski definition) is 3. The number of nitrogens with one attached hydrogen (secondary N) is 1.